The fraction of sp³-hybridized carbons (Fsp3) is 0.316. The summed E-state index contributed by atoms with van der Waals surface area (Å²) in [7, 11) is -1.66. The van der Waals surface area contributed by atoms with E-state index in [4.69, 9.17) is 0 Å². The van der Waals surface area contributed by atoms with Crippen molar-refractivity contribution in [3.8, 4) is 0 Å². The molecule has 1 aliphatic rings. The Bertz CT molecular complexity index is 888. The second-order valence-corrected chi connectivity index (χ2v) is 8.41. The molecule has 0 atom stereocenters. The van der Waals surface area contributed by atoms with Crippen LogP contribution in [0.1, 0.15) is 15.9 Å². The molecule has 2 aromatic carbocycles. The van der Waals surface area contributed by atoms with Gasteiger partial charge in [-0.15, -0.1) is 0 Å². The van der Waals surface area contributed by atoms with Gasteiger partial charge in [-0.25, -0.2) is 13.4 Å². The maximum absolute atomic E-state index is 12.5. The molecule has 0 radical (unpaired) electrons. The molecule has 2 N–H and O–H groups in total. The number of hydrogen-bond acceptors (Lipinski definition) is 5. The van der Waals surface area contributed by atoms with Gasteiger partial charge in [0.1, 0.15) is 0 Å². The molecule has 0 spiro atoms. The molecular formula is C19H24N4O3S. The second-order valence-electron chi connectivity index (χ2n) is 6.73. The summed E-state index contributed by atoms with van der Waals surface area (Å²) in [6, 6.07) is 13.0. The third-order valence-electron chi connectivity index (χ3n) is 4.49. The number of aryl methyl sites for hydroxylation is 1. The van der Waals surface area contributed by atoms with E-state index < -0.39 is 10.0 Å². The number of rotatable bonds is 5. The molecule has 3 rings (SSSR count). The molecule has 2 aromatic rings. The monoisotopic (exact) mass is 388 g/mol. The number of anilines is 1. The van der Waals surface area contributed by atoms with Crippen LogP contribution in [0.15, 0.2) is 53.4 Å². The van der Waals surface area contributed by atoms with Crippen LogP contribution in [0.25, 0.3) is 0 Å². The lowest BCUT2D eigenvalue weighted by Crippen LogP contribution is -2.52. The van der Waals surface area contributed by atoms with E-state index in [0.717, 1.165) is 31.7 Å². The Morgan fingerprint density at radius 3 is 2.11 bits per heavy atom. The fourth-order valence-electron chi connectivity index (χ4n) is 2.75. The van der Waals surface area contributed by atoms with Gasteiger partial charge in [0.25, 0.3) is 15.9 Å². The molecule has 1 amide bonds. The third kappa shape index (κ3) is 5.06. The minimum absolute atomic E-state index is 0.110. The average molecular weight is 388 g/mol. The maximum Gasteiger partial charge on any atom is 0.265 e. The first kappa shape index (κ1) is 19.3. The zero-order valence-corrected chi connectivity index (χ0v) is 16.3. The Balaban J connectivity index is 1.65. The van der Waals surface area contributed by atoms with Gasteiger partial charge in [0.15, 0.2) is 0 Å². The minimum Gasteiger partial charge on any atom is -0.304 e. The van der Waals surface area contributed by atoms with Crippen LogP contribution in [0.2, 0.25) is 0 Å². The average Bonchev–Trinajstić information content (AvgIpc) is 2.65. The van der Waals surface area contributed by atoms with Crippen molar-refractivity contribution >= 4 is 21.6 Å². The molecule has 1 saturated heterocycles. The molecule has 0 aromatic heterocycles. The van der Waals surface area contributed by atoms with Gasteiger partial charge in [-0.3, -0.25) is 14.9 Å². The van der Waals surface area contributed by atoms with Crippen LogP contribution in [-0.2, 0) is 10.0 Å². The number of hydrazine groups is 1. The van der Waals surface area contributed by atoms with Gasteiger partial charge >= 0.3 is 0 Å². The predicted molar refractivity (Wildman–Crippen MR) is 105 cm³/mol. The summed E-state index contributed by atoms with van der Waals surface area (Å²) in [4.78, 5) is 14.7. The van der Waals surface area contributed by atoms with Crippen molar-refractivity contribution in [2.75, 3.05) is 37.9 Å². The standard InChI is InChI=1S/C19H24N4O3S/c1-15-3-7-17(8-4-15)21-27(25,26)18-9-5-16(6-10-18)19(24)20-23-13-11-22(2)12-14-23/h3-10,21H,11-14H2,1-2H3,(H,20,24). The zero-order valence-electron chi connectivity index (χ0n) is 15.5. The first-order valence-corrected chi connectivity index (χ1v) is 10.3. The summed E-state index contributed by atoms with van der Waals surface area (Å²) in [5.74, 6) is -0.241. The Kier molecular flexibility index (Phi) is 5.79. The molecule has 144 valence electrons. The van der Waals surface area contributed by atoms with Gasteiger partial charge in [-0.2, -0.15) is 0 Å². The Labute approximate surface area is 160 Å². The zero-order chi connectivity index (χ0) is 19.4. The van der Waals surface area contributed by atoms with Gasteiger partial charge in [-0.1, -0.05) is 17.7 Å². The highest BCUT2D eigenvalue weighted by Gasteiger charge is 2.18. The van der Waals surface area contributed by atoms with Crippen molar-refractivity contribution in [3.63, 3.8) is 0 Å². The molecule has 1 fully saturated rings. The lowest BCUT2D eigenvalue weighted by Gasteiger charge is -2.32. The van der Waals surface area contributed by atoms with E-state index in [-0.39, 0.29) is 10.8 Å². The largest absolute Gasteiger partial charge is 0.304 e. The molecule has 0 aliphatic carbocycles. The molecule has 0 unspecified atom stereocenters. The predicted octanol–water partition coefficient (Wildman–Crippen LogP) is 1.69. The highest BCUT2D eigenvalue weighted by Crippen LogP contribution is 2.17. The second kappa shape index (κ2) is 8.08. The van der Waals surface area contributed by atoms with Crippen LogP contribution in [0, 0.1) is 6.92 Å². The molecular weight excluding hydrogens is 364 g/mol. The summed E-state index contributed by atoms with van der Waals surface area (Å²) in [5.41, 5.74) is 4.83. The van der Waals surface area contributed by atoms with E-state index in [2.05, 4.69) is 15.0 Å². The van der Waals surface area contributed by atoms with E-state index in [0.29, 0.717) is 11.3 Å². The van der Waals surface area contributed by atoms with Gasteiger partial charge in [-0.05, 0) is 50.4 Å². The number of likely N-dealkylation sites (N-methyl/N-ethyl adjacent to an activating group) is 1. The fourth-order valence-corrected chi connectivity index (χ4v) is 3.81. The Morgan fingerprint density at radius 1 is 0.926 bits per heavy atom. The summed E-state index contributed by atoms with van der Waals surface area (Å²) in [6.07, 6.45) is 0. The highest BCUT2D eigenvalue weighted by molar-refractivity contribution is 7.92. The number of nitrogens with one attached hydrogen (secondary N) is 2. The first-order valence-electron chi connectivity index (χ1n) is 8.77. The summed E-state index contributed by atoms with van der Waals surface area (Å²) >= 11 is 0. The Hall–Kier alpha value is -2.42. The van der Waals surface area contributed by atoms with Gasteiger partial charge in [0.05, 0.1) is 4.90 Å². The van der Waals surface area contributed by atoms with E-state index in [9.17, 15) is 13.2 Å². The highest BCUT2D eigenvalue weighted by atomic mass is 32.2. The van der Waals surface area contributed by atoms with Crippen LogP contribution in [0.4, 0.5) is 5.69 Å². The summed E-state index contributed by atoms with van der Waals surface area (Å²) < 4.78 is 27.5. The van der Waals surface area contributed by atoms with Crippen molar-refractivity contribution in [1.82, 2.24) is 15.3 Å². The Morgan fingerprint density at radius 2 is 1.52 bits per heavy atom. The minimum atomic E-state index is -3.70. The van der Waals surface area contributed by atoms with Gasteiger partial charge in [0.2, 0.25) is 0 Å². The van der Waals surface area contributed by atoms with Gasteiger partial charge in [0, 0.05) is 37.4 Å². The van der Waals surface area contributed by atoms with Crippen LogP contribution < -0.4 is 10.1 Å². The molecule has 1 aliphatic heterocycles. The molecule has 0 saturated carbocycles. The first-order chi connectivity index (χ1) is 12.8. The number of carbonyl (C=O) groups excluding carboxylic acids is 1. The van der Waals surface area contributed by atoms with E-state index in [1.165, 1.54) is 24.3 Å². The maximum atomic E-state index is 12.5. The van der Waals surface area contributed by atoms with Crippen molar-refractivity contribution in [3.05, 3.63) is 59.7 Å². The normalized spacial score (nSPS) is 16.1. The number of nitrogens with zero attached hydrogens (tertiary/aromatic N) is 2. The van der Waals surface area contributed by atoms with E-state index in [1.54, 1.807) is 12.1 Å². The molecule has 1 heterocycles. The van der Waals surface area contributed by atoms with Gasteiger partial charge < -0.3 is 4.90 Å². The topological polar surface area (TPSA) is 81.7 Å². The van der Waals surface area contributed by atoms with Crippen molar-refractivity contribution in [2.45, 2.75) is 11.8 Å². The number of amides is 1. The van der Waals surface area contributed by atoms with Crippen LogP contribution in [0.5, 0.6) is 0 Å². The van der Waals surface area contributed by atoms with Crippen LogP contribution in [0.3, 0.4) is 0 Å². The van der Waals surface area contributed by atoms with Crippen LogP contribution >= 0.6 is 0 Å². The van der Waals surface area contributed by atoms with Crippen molar-refractivity contribution in [2.24, 2.45) is 0 Å². The van der Waals surface area contributed by atoms with Crippen LogP contribution in [-0.4, -0.2) is 57.5 Å². The summed E-state index contributed by atoms with van der Waals surface area (Å²) in [6.45, 7) is 5.23. The molecule has 8 heteroatoms. The lowest BCUT2D eigenvalue weighted by atomic mass is 10.2. The molecule has 0 bridgehead atoms. The number of hydrogen-bond donors (Lipinski definition) is 2. The lowest BCUT2D eigenvalue weighted by molar-refractivity contribution is 0.0662. The van der Waals surface area contributed by atoms with Crippen molar-refractivity contribution in [1.29, 1.82) is 0 Å². The number of carbonyl (C=O) groups is 1. The van der Waals surface area contributed by atoms with E-state index >= 15 is 0 Å². The molecule has 7 nitrogen and oxygen atoms in total. The SMILES string of the molecule is Cc1ccc(NS(=O)(=O)c2ccc(C(=O)NN3CCN(C)CC3)cc2)cc1. The third-order valence-corrected chi connectivity index (χ3v) is 5.89. The van der Waals surface area contributed by atoms with E-state index in [1.807, 2.05) is 31.1 Å². The van der Waals surface area contributed by atoms with Crippen molar-refractivity contribution < 1.29 is 13.2 Å². The number of benzene rings is 2. The smallest absolute Gasteiger partial charge is 0.265 e. The number of sulfonamides is 1. The quantitative estimate of drug-likeness (QED) is 0.815. The number of piperazine rings is 1. The molecule has 27 heavy (non-hydrogen) atoms. The summed E-state index contributed by atoms with van der Waals surface area (Å²) in [5, 5.41) is 1.88.